The number of carboxylic acid groups (broad SMARTS) is 1. The average molecular weight is 340 g/mol. The standard InChI is InChI=1S/C12H18N2O5S.K/c1-4-19-11(18)6(13)5-8(15)14-7(10(16)17)12(2,3)20-9(5)14;/h5-7,9H,4,13H2,1-3H3,(H,16,17);/q;+1/p-1/t5-,6?,7+,9-;/m1./s1. The van der Waals surface area contributed by atoms with E-state index in [1.807, 2.05) is 0 Å². The predicted molar refractivity (Wildman–Crippen MR) is 69.2 cm³/mol. The number of nitrogens with two attached hydrogens (primary N) is 1. The molecule has 2 saturated heterocycles. The number of amides is 1. The molecule has 0 aliphatic carbocycles. The minimum atomic E-state index is -1.29. The van der Waals surface area contributed by atoms with E-state index in [4.69, 9.17) is 10.5 Å². The van der Waals surface area contributed by atoms with Crippen molar-refractivity contribution in [1.82, 2.24) is 4.90 Å². The number of nitrogens with zero attached hydrogens (tertiary/aromatic N) is 1. The van der Waals surface area contributed by atoms with Gasteiger partial charge < -0.3 is 25.3 Å². The monoisotopic (exact) mass is 340 g/mol. The molecule has 0 aromatic rings. The fourth-order valence-electron chi connectivity index (χ4n) is 2.74. The van der Waals surface area contributed by atoms with E-state index >= 15 is 0 Å². The van der Waals surface area contributed by atoms with E-state index in [-0.39, 0.29) is 58.0 Å². The Bertz CT molecular complexity index is 473. The van der Waals surface area contributed by atoms with Gasteiger partial charge in [-0.1, -0.05) is 0 Å². The topological polar surface area (TPSA) is 113 Å². The normalized spacial score (nSPS) is 30.8. The number of β-lactam (4-membered cyclic amide) rings is 1. The summed E-state index contributed by atoms with van der Waals surface area (Å²) in [4.78, 5) is 36.2. The summed E-state index contributed by atoms with van der Waals surface area (Å²) in [5.74, 6) is -3.09. The number of esters is 1. The largest absolute Gasteiger partial charge is 1.00 e. The van der Waals surface area contributed by atoms with Crippen molar-refractivity contribution in [2.75, 3.05) is 6.61 Å². The maximum atomic E-state index is 12.1. The second-order valence-corrected chi connectivity index (χ2v) is 7.15. The van der Waals surface area contributed by atoms with Crippen LogP contribution in [-0.2, 0) is 19.1 Å². The van der Waals surface area contributed by atoms with Gasteiger partial charge in [0.1, 0.15) is 6.04 Å². The Kier molecular flexibility index (Phi) is 6.33. The number of aliphatic carboxylic acids is 1. The molecule has 1 unspecified atom stereocenters. The van der Waals surface area contributed by atoms with Crippen molar-refractivity contribution < 1.29 is 75.6 Å². The van der Waals surface area contributed by atoms with Crippen LogP contribution >= 0.6 is 11.8 Å². The Hall–Kier alpha value is 0.356. The summed E-state index contributed by atoms with van der Waals surface area (Å²) < 4.78 is 4.13. The SMILES string of the molecule is CCOC(=O)C(N)[C@@H]1C(=O)N2[C@@H]1SC(C)(C)[C@@H]2C(=O)[O-].[K+]. The molecule has 0 saturated carbocycles. The van der Waals surface area contributed by atoms with Crippen molar-refractivity contribution in [3.63, 3.8) is 0 Å². The molecule has 112 valence electrons. The molecular weight excluding hydrogens is 323 g/mol. The molecule has 2 N–H and O–H groups in total. The van der Waals surface area contributed by atoms with Crippen LogP contribution in [0.1, 0.15) is 20.8 Å². The van der Waals surface area contributed by atoms with E-state index in [1.54, 1.807) is 20.8 Å². The summed E-state index contributed by atoms with van der Waals surface area (Å²) in [5, 5.41) is 10.8. The van der Waals surface area contributed by atoms with Crippen LogP contribution in [-0.4, -0.2) is 51.6 Å². The molecule has 0 spiro atoms. The number of fused-ring (bicyclic) bond motifs is 1. The average Bonchev–Trinajstić information content (AvgIpc) is 2.58. The molecule has 0 aromatic carbocycles. The molecule has 2 aliphatic heterocycles. The molecule has 0 radical (unpaired) electrons. The van der Waals surface area contributed by atoms with Crippen molar-refractivity contribution in [3.05, 3.63) is 0 Å². The van der Waals surface area contributed by atoms with Gasteiger partial charge in [-0.25, -0.2) is 0 Å². The zero-order chi connectivity index (χ0) is 15.2. The number of carbonyl (C=O) groups excluding carboxylic acids is 3. The van der Waals surface area contributed by atoms with Gasteiger partial charge in [-0.2, -0.15) is 0 Å². The Morgan fingerprint density at radius 3 is 2.57 bits per heavy atom. The summed E-state index contributed by atoms with van der Waals surface area (Å²) in [7, 11) is 0. The molecule has 0 aromatic heterocycles. The van der Waals surface area contributed by atoms with Crippen molar-refractivity contribution in [3.8, 4) is 0 Å². The van der Waals surface area contributed by atoms with E-state index in [9.17, 15) is 19.5 Å². The zero-order valence-corrected chi connectivity index (χ0v) is 16.4. The summed E-state index contributed by atoms with van der Waals surface area (Å²) in [5.41, 5.74) is 5.77. The first-order chi connectivity index (χ1) is 9.22. The van der Waals surface area contributed by atoms with Crippen molar-refractivity contribution >= 4 is 29.6 Å². The Morgan fingerprint density at radius 1 is 1.52 bits per heavy atom. The minimum Gasteiger partial charge on any atom is -0.548 e. The van der Waals surface area contributed by atoms with Crippen molar-refractivity contribution in [2.24, 2.45) is 11.7 Å². The second-order valence-electron chi connectivity index (χ2n) is 5.38. The van der Waals surface area contributed by atoms with Crippen molar-refractivity contribution in [2.45, 2.75) is 43.0 Å². The molecule has 0 bridgehead atoms. The first-order valence-electron chi connectivity index (χ1n) is 6.35. The van der Waals surface area contributed by atoms with E-state index in [2.05, 4.69) is 0 Å². The first-order valence-corrected chi connectivity index (χ1v) is 7.23. The number of thioether (sulfide) groups is 1. The molecule has 9 heteroatoms. The van der Waals surface area contributed by atoms with E-state index in [0.717, 1.165) is 0 Å². The van der Waals surface area contributed by atoms with Crippen LogP contribution in [0.15, 0.2) is 0 Å². The summed E-state index contributed by atoms with van der Waals surface area (Å²) >= 11 is 1.33. The third-order valence-electron chi connectivity index (χ3n) is 3.65. The van der Waals surface area contributed by atoms with Crippen LogP contribution in [0, 0.1) is 5.92 Å². The second kappa shape index (κ2) is 6.85. The van der Waals surface area contributed by atoms with Crippen LogP contribution in [0.25, 0.3) is 0 Å². The van der Waals surface area contributed by atoms with Gasteiger partial charge in [0.2, 0.25) is 5.91 Å². The molecule has 4 atom stereocenters. The molecule has 21 heavy (non-hydrogen) atoms. The Balaban J connectivity index is 0.00000220. The van der Waals surface area contributed by atoms with Crippen molar-refractivity contribution in [1.29, 1.82) is 0 Å². The molecular formula is C12H17KN2O5S. The maximum absolute atomic E-state index is 12.1. The Labute approximate surface area is 169 Å². The molecule has 2 fully saturated rings. The number of hydrogen-bond donors (Lipinski definition) is 1. The summed E-state index contributed by atoms with van der Waals surface area (Å²) in [6, 6.07) is -2.07. The fourth-order valence-corrected chi connectivity index (χ4v) is 4.47. The van der Waals surface area contributed by atoms with Crippen LogP contribution in [0.4, 0.5) is 0 Å². The minimum absolute atomic E-state index is 0. The van der Waals surface area contributed by atoms with Crippen LogP contribution in [0.2, 0.25) is 0 Å². The number of carboxylic acids is 1. The van der Waals surface area contributed by atoms with E-state index in [0.29, 0.717) is 0 Å². The van der Waals surface area contributed by atoms with E-state index < -0.39 is 46.0 Å². The summed E-state index contributed by atoms with van der Waals surface area (Å²) in [6.45, 7) is 5.30. The van der Waals surface area contributed by atoms with Gasteiger partial charge in [0.05, 0.1) is 29.9 Å². The van der Waals surface area contributed by atoms with Crippen LogP contribution in [0.3, 0.4) is 0 Å². The van der Waals surface area contributed by atoms with Crippen LogP contribution < -0.4 is 62.2 Å². The Morgan fingerprint density at radius 2 is 2.10 bits per heavy atom. The smallest absolute Gasteiger partial charge is 0.548 e. The molecule has 7 nitrogen and oxygen atoms in total. The van der Waals surface area contributed by atoms with Gasteiger partial charge in [0, 0.05) is 4.75 Å². The van der Waals surface area contributed by atoms with Gasteiger partial charge in [-0.3, -0.25) is 9.59 Å². The molecule has 2 aliphatic rings. The van der Waals surface area contributed by atoms with Gasteiger partial charge in [-0.05, 0) is 20.8 Å². The van der Waals surface area contributed by atoms with Gasteiger partial charge in [0.15, 0.2) is 0 Å². The quantitative estimate of drug-likeness (QED) is 0.311. The molecule has 2 heterocycles. The molecule has 1 amide bonds. The summed E-state index contributed by atoms with van der Waals surface area (Å²) in [6.07, 6.45) is 0. The van der Waals surface area contributed by atoms with Crippen LogP contribution in [0.5, 0.6) is 0 Å². The number of ether oxygens (including phenoxy) is 1. The van der Waals surface area contributed by atoms with Gasteiger partial charge >= 0.3 is 57.4 Å². The predicted octanol–water partition coefficient (Wildman–Crippen LogP) is -4.69. The number of hydrogen-bond acceptors (Lipinski definition) is 7. The van der Waals surface area contributed by atoms with Gasteiger partial charge in [0.25, 0.3) is 0 Å². The zero-order valence-electron chi connectivity index (χ0n) is 12.5. The van der Waals surface area contributed by atoms with Gasteiger partial charge in [-0.15, -0.1) is 11.8 Å². The third-order valence-corrected chi connectivity index (χ3v) is 5.24. The maximum Gasteiger partial charge on any atom is 1.00 e. The number of rotatable bonds is 4. The number of carbonyl (C=O) groups is 3. The fraction of sp³-hybridized carbons (Fsp3) is 0.750. The first kappa shape index (κ1) is 19.4. The van der Waals surface area contributed by atoms with E-state index in [1.165, 1.54) is 16.7 Å². The molecule has 2 rings (SSSR count). The third kappa shape index (κ3) is 3.19.